The number of hydrogen-bond acceptors (Lipinski definition) is 3. The Balaban J connectivity index is 1.82. The van der Waals surface area contributed by atoms with Gasteiger partial charge in [-0.15, -0.1) is 0 Å². The predicted molar refractivity (Wildman–Crippen MR) is 94.9 cm³/mol. The van der Waals surface area contributed by atoms with E-state index in [4.69, 9.17) is 4.74 Å². The molecule has 1 amide bonds. The summed E-state index contributed by atoms with van der Waals surface area (Å²) in [7, 11) is 0. The molecule has 0 heterocycles. The fraction of sp³-hybridized carbons (Fsp3) is 0.222. The lowest BCUT2D eigenvalue weighted by atomic mass is 10.1. The number of amides is 1. The zero-order chi connectivity index (χ0) is 16.2. The first-order valence-corrected chi connectivity index (χ1v) is 8.54. The first kappa shape index (κ1) is 16.0. The van der Waals surface area contributed by atoms with Gasteiger partial charge in [-0.2, -0.15) is 0 Å². The van der Waals surface area contributed by atoms with Gasteiger partial charge in [-0.3, -0.25) is 4.79 Å². The topological polar surface area (TPSA) is 55.4 Å². The Morgan fingerprint density at radius 2 is 1.70 bits per heavy atom. The number of nitrogens with one attached hydrogen (secondary N) is 1. The molecule has 1 saturated carbocycles. The molecule has 0 saturated heterocycles. The number of carbonyl (C=O) groups excluding carboxylic acids is 2. The van der Waals surface area contributed by atoms with Crippen LogP contribution in [0.1, 0.15) is 34.9 Å². The molecule has 5 heteroatoms. The van der Waals surface area contributed by atoms with Crippen molar-refractivity contribution in [3.05, 3.63) is 69.3 Å². The fourth-order valence-electron chi connectivity index (χ4n) is 2.20. The van der Waals surface area contributed by atoms with Crippen molar-refractivity contribution in [3.8, 4) is 0 Å². The molecular formula is C18H16INO3. The van der Waals surface area contributed by atoms with Crippen molar-refractivity contribution in [1.82, 2.24) is 5.32 Å². The van der Waals surface area contributed by atoms with E-state index in [1.165, 1.54) is 0 Å². The van der Waals surface area contributed by atoms with Gasteiger partial charge in [0, 0.05) is 15.2 Å². The molecular weight excluding hydrogens is 405 g/mol. The highest BCUT2D eigenvalue weighted by molar-refractivity contribution is 14.1. The summed E-state index contributed by atoms with van der Waals surface area (Å²) in [5.41, 5.74) is 1.14. The summed E-state index contributed by atoms with van der Waals surface area (Å²) in [6, 6.07) is 16.5. The Labute approximate surface area is 148 Å². The van der Waals surface area contributed by atoms with Gasteiger partial charge in [-0.25, -0.2) is 4.79 Å². The lowest BCUT2D eigenvalue weighted by Crippen LogP contribution is -2.33. The molecule has 0 aliphatic heterocycles. The molecule has 1 unspecified atom stereocenters. The van der Waals surface area contributed by atoms with Crippen molar-refractivity contribution in [2.24, 2.45) is 0 Å². The van der Waals surface area contributed by atoms with Crippen LogP contribution in [0.15, 0.2) is 54.6 Å². The van der Waals surface area contributed by atoms with E-state index < -0.39 is 12.1 Å². The van der Waals surface area contributed by atoms with Crippen LogP contribution in [0.2, 0.25) is 0 Å². The standard InChI is InChI=1S/C18H16INO3/c19-15-9-5-4-8-14(15)18(22)23-16(12-6-2-1-3-7-12)17(21)20-13-10-11-13/h1-9,13,16H,10-11H2,(H,20,21). The Morgan fingerprint density at radius 3 is 2.35 bits per heavy atom. The number of hydrogen-bond donors (Lipinski definition) is 1. The highest BCUT2D eigenvalue weighted by atomic mass is 127. The molecule has 0 bridgehead atoms. The van der Waals surface area contributed by atoms with Crippen molar-refractivity contribution in [1.29, 1.82) is 0 Å². The minimum Gasteiger partial charge on any atom is -0.444 e. The van der Waals surface area contributed by atoms with Crippen LogP contribution in [0.5, 0.6) is 0 Å². The molecule has 2 aromatic rings. The normalized spacial score (nSPS) is 14.8. The number of esters is 1. The number of ether oxygens (including phenoxy) is 1. The maximum absolute atomic E-state index is 12.5. The van der Waals surface area contributed by atoms with Gasteiger partial charge in [0.05, 0.1) is 5.56 Å². The van der Waals surface area contributed by atoms with E-state index in [0.717, 1.165) is 16.4 Å². The average molecular weight is 421 g/mol. The van der Waals surface area contributed by atoms with Crippen molar-refractivity contribution in [2.45, 2.75) is 25.0 Å². The van der Waals surface area contributed by atoms with Crippen LogP contribution in [0, 0.1) is 3.57 Å². The molecule has 4 nitrogen and oxygen atoms in total. The van der Waals surface area contributed by atoms with Gasteiger partial charge in [0.1, 0.15) is 0 Å². The van der Waals surface area contributed by atoms with Crippen LogP contribution in [0.25, 0.3) is 0 Å². The molecule has 1 aliphatic carbocycles. The maximum atomic E-state index is 12.5. The second-order valence-corrected chi connectivity index (χ2v) is 6.62. The quantitative estimate of drug-likeness (QED) is 0.595. The van der Waals surface area contributed by atoms with E-state index in [2.05, 4.69) is 27.9 Å². The summed E-state index contributed by atoms with van der Waals surface area (Å²) in [6.45, 7) is 0. The molecule has 118 valence electrons. The third-order valence-corrected chi connectivity index (χ3v) is 4.52. The fourth-order valence-corrected chi connectivity index (χ4v) is 2.81. The van der Waals surface area contributed by atoms with Crippen molar-refractivity contribution in [3.63, 3.8) is 0 Å². The summed E-state index contributed by atoms with van der Waals surface area (Å²) >= 11 is 2.08. The monoisotopic (exact) mass is 421 g/mol. The zero-order valence-electron chi connectivity index (χ0n) is 12.4. The van der Waals surface area contributed by atoms with Crippen LogP contribution >= 0.6 is 22.6 Å². The van der Waals surface area contributed by atoms with E-state index in [1.807, 2.05) is 30.3 Å². The van der Waals surface area contributed by atoms with Gasteiger partial charge in [0.15, 0.2) is 0 Å². The number of carbonyl (C=O) groups is 2. The summed E-state index contributed by atoms with van der Waals surface area (Å²) in [6.07, 6.45) is 1.04. The molecule has 0 spiro atoms. The molecule has 1 fully saturated rings. The highest BCUT2D eigenvalue weighted by Gasteiger charge is 2.31. The molecule has 3 rings (SSSR count). The molecule has 1 atom stereocenters. The number of rotatable bonds is 5. The third kappa shape index (κ3) is 4.10. The van der Waals surface area contributed by atoms with Gasteiger partial charge in [-0.1, -0.05) is 42.5 Å². The lowest BCUT2D eigenvalue weighted by molar-refractivity contribution is -0.130. The van der Waals surface area contributed by atoms with E-state index in [0.29, 0.717) is 11.1 Å². The van der Waals surface area contributed by atoms with Crippen molar-refractivity contribution in [2.75, 3.05) is 0 Å². The third-order valence-electron chi connectivity index (χ3n) is 3.58. The molecule has 0 aromatic heterocycles. The van der Waals surface area contributed by atoms with Crippen LogP contribution < -0.4 is 5.32 Å². The largest absolute Gasteiger partial charge is 0.444 e. The molecule has 23 heavy (non-hydrogen) atoms. The maximum Gasteiger partial charge on any atom is 0.340 e. The number of benzene rings is 2. The summed E-state index contributed by atoms with van der Waals surface area (Å²) in [4.78, 5) is 24.9. The highest BCUT2D eigenvalue weighted by Crippen LogP contribution is 2.24. The average Bonchev–Trinajstić information content (AvgIpc) is 3.37. The predicted octanol–water partition coefficient (Wildman–Crippen LogP) is 3.47. The van der Waals surface area contributed by atoms with E-state index in [-0.39, 0.29) is 11.9 Å². The Hall–Kier alpha value is -1.89. The van der Waals surface area contributed by atoms with Crippen LogP contribution in [0.4, 0.5) is 0 Å². The zero-order valence-corrected chi connectivity index (χ0v) is 14.5. The minimum atomic E-state index is -0.930. The van der Waals surface area contributed by atoms with E-state index in [9.17, 15) is 9.59 Å². The minimum absolute atomic E-state index is 0.212. The van der Waals surface area contributed by atoms with E-state index in [1.54, 1.807) is 24.3 Å². The molecule has 2 aromatic carbocycles. The Morgan fingerprint density at radius 1 is 1.04 bits per heavy atom. The molecule has 1 N–H and O–H groups in total. The van der Waals surface area contributed by atoms with Gasteiger partial charge in [-0.05, 0) is 47.6 Å². The van der Waals surface area contributed by atoms with Crippen LogP contribution in [0.3, 0.4) is 0 Å². The first-order valence-electron chi connectivity index (χ1n) is 7.46. The summed E-state index contributed by atoms with van der Waals surface area (Å²) < 4.78 is 6.33. The summed E-state index contributed by atoms with van der Waals surface area (Å²) in [5, 5.41) is 2.91. The smallest absolute Gasteiger partial charge is 0.340 e. The second-order valence-electron chi connectivity index (χ2n) is 5.46. The number of halogens is 1. The first-order chi connectivity index (χ1) is 11.1. The van der Waals surface area contributed by atoms with Gasteiger partial charge < -0.3 is 10.1 Å². The summed E-state index contributed by atoms with van der Waals surface area (Å²) in [5.74, 6) is -0.757. The molecule has 0 radical (unpaired) electrons. The van der Waals surface area contributed by atoms with Crippen LogP contribution in [-0.4, -0.2) is 17.9 Å². The van der Waals surface area contributed by atoms with Crippen molar-refractivity contribution >= 4 is 34.5 Å². The lowest BCUT2D eigenvalue weighted by Gasteiger charge is -2.18. The van der Waals surface area contributed by atoms with Gasteiger partial charge in [0.2, 0.25) is 6.10 Å². The van der Waals surface area contributed by atoms with Gasteiger partial charge >= 0.3 is 5.97 Å². The van der Waals surface area contributed by atoms with Gasteiger partial charge in [0.25, 0.3) is 5.91 Å². The van der Waals surface area contributed by atoms with Crippen LogP contribution in [-0.2, 0) is 9.53 Å². The molecule has 1 aliphatic rings. The Bertz CT molecular complexity index is 713. The van der Waals surface area contributed by atoms with E-state index >= 15 is 0 Å². The Kier molecular flexibility index (Phi) is 4.95. The SMILES string of the molecule is O=C(OC(C(=O)NC1CC1)c1ccccc1)c1ccccc1I. The second kappa shape index (κ2) is 7.12. The van der Waals surface area contributed by atoms with Crippen molar-refractivity contribution < 1.29 is 14.3 Å².